The van der Waals surface area contributed by atoms with Crippen molar-refractivity contribution in [1.82, 2.24) is 0 Å². The third-order valence-corrected chi connectivity index (χ3v) is 8.25. The number of anilines is 3. The van der Waals surface area contributed by atoms with Crippen molar-refractivity contribution < 1.29 is 19.1 Å². The molecule has 2 atom stereocenters. The summed E-state index contributed by atoms with van der Waals surface area (Å²) >= 11 is 31.3. The standard InChI is InChI=1S/C29H26Cl5N3O4/c1-14-11-16(36-27(40)41-28(2,3)4)7-10-22(14)37-25(38)18-13-17(6-9-19(18)30)35-26(39)24-23(29(24,33)34)15-5-8-20(31)21(32)12-15/h5-13,23-24H,1-4H3,(H,35,39)(H,36,40)(H,37,38)/t23?,24-/m1/s1. The number of amides is 3. The van der Waals surface area contributed by atoms with E-state index in [-0.39, 0.29) is 10.6 Å². The highest BCUT2D eigenvalue weighted by Gasteiger charge is 2.67. The smallest absolute Gasteiger partial charge is 0.412 e. The number of carbonyl (C=O) groups is 3. The largest absolute Gasteiger partial charge is 0.444 e. The second-order valence-corrected chi connectivity index (χ2v) is 13.3. The van der Waals surface area contributed by atoms with Crippen LogP contribution in [-0.2, 0) is 9.53 Å². The van der Waals surface area contributed by atoms with Crippen molar-refractivity contribution in [3.8, 4) is 0 Å². The normalized spacial score (nSPS) is 17.4. The minimum absolute atomic E-state index is 0.139. The Morgan fingerprint density at radius 2 is 1.44 bits per heavy atom. The highest BCUT2D eigenvalue weighted by atomic mass is 35.5. The van der Waals surface area contributed by atoms with Crippen LogP contribution in [0.5, 0.6) is 0 Å². The molecule has 0 saturated heterocycles. The topological polar surface area (TPSA) is 96.5 Å². The summed E-state index contributed by atoms with van der Waals surface area (Å²) in [5.74, 6) is -2.17. The first-order valence-corrected chi connectivity index (χ1v) is 14.3. The lowest BCUT2D eigenvalue weighted by Crippen LogP contribution is -2.27. The maximum absolute atomic E-state index is 13.1. The zero-order valence-electron chi connectivity index (χ0n) is 22.4. The van der Waals surface area contributed by atoms with E-state index >= 15 is 0 Å². The number of hydrogen-bond donors (Lipinski definition) is 3. The van der Waals surface area contributed by atoms with Gasteiger partial charge in [-0.15, -0.1) is 23.2 Å². The number of benzene rings is 3. The van der Waals surface area contributed by atoms with Gasteiger partial charge < -0.3 is 15.4 Å². The molecule has 0 radical (unpaired) electrons. The van der Waals surface area contributed by atoms with E-state index in [1.54, 1.807) is 70.2 Å². The molecule has 4 rings (SSSR count). The van der Waals surface area contributed by atoms with Crippen LogP contribution in [-0.4, -0.2) is 27.8 Å². The van der Waals surface area contributed by atoms with E-state index in [4.69, 9.17) is 62.7 Å². The highest BCUT2D eigenvalue weighted by Crippen LogP contribution is 2.65. The predicted octanol–water partition coefficient (Wildman–Crippen LogP) is 9.08. The minimum atomic E-state index is -1.34. The summed E-state index contributed by atoms with van der Waals surface area (Å²) in [5.41, 5.74) is 2.22. The quantitative estimate of drug-likeness (QED) is 0.231. The Labute approximate surface area is 262 Å². The Morgan fingerprint density at radius 3 is 2.07 bits per heavy atom. The summed E-state index contributed by atoms with van der Waals surface area (Å²) in [5, 5.41) is 9.13. The molecule has 0 bridgehead atoms. The van der Waals surface area contributed by atoms with Crippen molar-refractivity contribution in [2.75, 3.05) is 16.0 Å². The van der Waals surface area contributed by atoms with E-state index in [9.17, 15) is 14.4 Å². The highest BCUT2D eigenvalue weighted by molar-refractivity contribution is 6.53. The first kappa shape index (κ1) is 31.3. The van der Waals surface area contributed by atoms with Crippen molar-refractivity contribution in [1.29, 1.82) is 0 Å². The lowest BCUT2D eigenvalue weighted by molar-refractivity contribution is -0.117. The summed E-state index contributed by atoms with van der Waals surface area (Å²) in [6.45, 7) is 7.08. The monoisotopic (exact) mass is 655 g/mol. The van der Waals surface area contributed by atoms with Crippen LogP contribution in [0.2, 0.25) is 15.1 Å². The number of aryl methyl sites for hydroxylation is 1. The zero-order valence-corrected chi connectivity index (χ0v) is 26.2. The Bertz CT molecular complexity index is 1540. The van der Waals surface area contributed by atoms with E-state index in [0.717, 1.165) is 0 Å². The van der Waals surface area contributed by atoms with Gasteiger partial charge in [-0.25, -0.2) is 4.79 Å². The van der Waals surface area contributed by atoms with Gasteiger partial charge in [-0.05, 0) is 87.4 Å². The molecule has 0 heterocycles. The molecule has 0 aromatic heterocycles. The Kier molecular flexibility index (Phi) is 9.07. The van der Waals surface area contributed by atoms with Crippen molar-refractivity contribution in [3.63, 3.8) is 0 Å². The van der Waals surface area contributed by atoms with Crippen LogP contribution < -0.4 is 16.0 Å². The first-order chi connectivity index (χ1) is 19.1. The Balaban J connectivity index is 1.44. The number of carbonyl (C=O) groups excluding carboxylic acids is 3. The SMILES string of the molecule is Cc1cc(NC(=O)OC(C)(C)C)ccc1NC(=O)c1cc(NC(=O)[C@H]2C(c3ccc(Cl)c(Cl)c3)C2(Cl)Cl)ccc1Cl. The van der Waals surface area contributed by atoms with Gasteiger partial charge in [0.2, 0.25) is 5.91 Å². The minimum Gasteiger partial charge on any atom is -0.444 e. The molecule has 12 heteroatoms. The van der Waals surface area contributed by atoms with Crippen LogP contribution in [0.1, 0.15) is 48.2 Å². The van der Waals surface area contributed by atoms with Crippen LogP contribution in [0.3, 0.4) is 0 Å². The van der Waals surface area contributed by atoms with Gasteiger partial charge in [0.1, 0.15) is 9.93 Å². The molecule has 1 saturated carbocycles. The van der Waals surface area contributed by atoms with Crippen LogP contribution in [0.15, 0.2) is 54.6 Å². The summed E-state index contributed by atoms with van der Waals surface area (Å²) < 4.78 is 3.93. The fourth-order valence-corrected chi connectivity index (χ4v) is 5.60. The van der Waals surface area contributed by atoms with E-state index in [2.05, 4.69) is 16.0 Å². The number of rotatable bonds is 6. The van der Waals surface area contributed by atoms with E-state index < -0.39 is 39.7 Å². The van der Waals surface area contributed by atoms with Crippen molar-refractivity contribution >= 4 is 93.0 Å². The number of alkyl halides is 2. The average molecular weight is 658 g/mol. The van der Waals surface area contributed by atoms with Crippen molar-refractivity contribution in [3.05, 3.63) is 86.4 Å². The molecule has 0 spiro atoms. The third-order valence-electron chi connectivity index (χ3n) is 6.24. The van der Waals surface area contributed by atoms with Gasteiger partial charge in [-0.2, -0.15) is 0 Å². The van der Waals surface area contributed by atoms with Crippen LogP contribution in [0, 0.1) is 12.8 Å². The molecule has 3 aromatic carbocycles. The fourth-order valence-electron chi connectivity index (χ4n) is 4.26. The third kappa shape index (κ3) is 7.40. The second-order valence-electron chi connectivity index (χ2n) is 10.6. The molecule has 216 valence electrons. The number of hydrogen-bond acceptors (Lipinski definition) is 4. The van der Waals surface area contributed by atoms with E-state index in [0.29, 0.717) is 38.2 Å². The van der Waals surface area contributed by atoms with Crippen LogP contribution in [0.4, 0.5) is 21.9 Å². The van der Waals surface area contributed by atoms with Gasteiger partial charge >= 0.3 is 6.09 Å². The van der Waals surface area contributed by atoms with E-state index in [1.807, 2.05) is 0 Å². The average Bonchev–Trinajstić information content (AvgIpc) is 3.44. The summed E-state index contributed by atoms with van der Waals surface area (Å²) in [6.07, 6.45) is -0.589. The molecule has 1 aliphatic carbocycles. The number of nitrogens with one attached hydrogen (secondary N) is 3. The maximum Gasteiger partial charge on any atom is 0.412 e. The lowest BCUT2D eigenvalue weighted by Gasteiger charge is -2.20. The molecule has 3 aromatic rings. The van der Waals surface area contributed by atoms with Crippen molar-refractivity contribution in [2.24, 2.45) is 5.92 Å². The molecule has 1 fully saturated rings. The second kappa shape index (κ2) is 11.9. The number of ether oxygens (including phenoxy) is 1. The van der Waals surface area contributed by atoms with Crippen LogP contribution in [0.25, 0.3) is 0 Å². The summed E-state index contributed by atoms with van der Waals surface area (Å²) in [6, 6.07) is 14.5. The summed E-state index contributed by atoms with van der Waals surface area (Å²) in [4.78, 5) is 38.3. The molecule has 3 amide bonds. The van der Waals surface area contributed by atoms with Crippen molar-refractivity contribution in [2.45, 2.75) is 43.5 Å². The van der Waals surface area contributed by atoms with Gasteiger partial charge in [0.25, 0.3) is 5.91 Å². The van der Waals surface area contributed by atoms with E-state index in [1.165, 1.54) is 12.1 Å². The fraction of sp³-hybridized carbons (Fsp3) is 0.276. The molecule has 3 N–H and O–H groups in total. The molecule has 1 unspecified atom stereocenters. The predicted molar refractivity (Wildman–Crippen MR) is 166 cm³/mol. The molecular formula is C29H26Cl5N3O4. The molecule has 41 heavy (non-hydrogen) atoms. The van der Waals surface area contributed by atoms with Gasteiger partial charge in [0, 0.05) is 23.0 Å². The zero-order chi connectivity index (χ0) is 30.3. The lowest BCUT2D eigenvalue weighted by atomic mass is 10.1. The van der Waals surface area contributed by atoms with Gasteiger partial charge in [0.05, 0.1) is 26.5 Å². The number of halogens is 5. The van der Waals surface area contributed by atoms with Gasteiger partial charge in [0.15, 0.2) is 0 Å². The van der Waals surface area contributed by atoms with Gasteiger partial charge in [-0.1, -0.05) is 40.9 Å². The molecule has 7 nitrogen and oxygen atoms in total. The van der Waals surface area contributed by atoms with Crippen LogP contribution >= 0.6 is 58.0 Å². The first-order valence-electron chi connectivity index (χ1n) is 12.4. The summed E-state index contributed by atoms with van der Waals surface area (Å²) in [7, 11) is 0. The Hall–Kier alpha value is -2.68. The Morgan fingerprint density at radius 1 is 0.805 bits per heavy atom. The maximum atomic E-state index is 13.1. The van der Waals surface area contributed by atoms with Gasteiger partial charge in [-0.3, -0.25) is 14.9 Å². The molecule has 1 aliphatic rings. The molecular weight excluding hydrogens is 632 g/mol. The molecule has 0 aliphatic heterocycles.